The van der Waals surface area contributed by atoms with E-state index < -0.39 is 43.9 Å². The zero-order valence-corrected chi connectivity index (χ0v) is 33.8. The monoisotopic (exact) mass is 771 g/mol. The molecule has 1 aliphatic rings. The first-order valence-corrected chi connectivity index (χ1v) is 21.0. The van der Waals surface area contributed by atoms with Crippen molar-refractivity contribution in [3.05, 3.63) is 73.1 Å². The summed E-state index contributed by atoms with van der Waals surface area (Å²) in [6.45, 7) is 12.0. The zero-order chi connectivity index (χ0) is 39.9. The van der Waals surface area contributed by atoms with Crippen molar-refractivity contribution in [1.29, 1.82) is 0 Å². The second kappa shape index (κ2) is 17.4. The number of nitrogens with zero attached hydrogens (tertiary/aromatic N) is 4. The number of hydrogen-bond acceptors (Lipinski definition) is 10. The molecule has 3 heterocycles. The molecule has 13 heteroatoms. The number of halogens is 1. The number of anilines is 1. The van der Waals surface area contributed by atoms with Crippen LogP contribution in [-0.4, -0.2) is 63.7 Å². The molecule has 2 aromatic heterocycles. The van der Waals surface area contributed by atoms with E-state index in [1.165, 1.54) is 6.33 Å². The highest BCUT2D eigenvalue weighted by Gasteiger charge is 2.56. The summed E-state index contributed by atoms with van der Waals surface area (Å²) in [5, 5.41) is 1.74. The maximum atomic E-state index is 14.4. The van der Waals surface area contributed by atoms with Crippen molar-refractivity contribution < 1.29 is 32.6 Å². The molecule has 294 valence electrons. The van der Waals surface area contributed by atoms with E-state index in [-0.39, 0.29) is 47.4 Å². The molecule has 0 unspecified atom stereocenters. The van der Waals surface area contributed by atoms with Crippen LogP contribution < -0.4 is 16.1 Å². The smallest absolute Gasteiger partial charge is 0.312 e. The fourth-order valence-electron chi connectivity index (χ4n) is 7.30. The molecule has 11 nitrogen and oxygen atoms in total. The number of imidazole rings is 1. The van der Waals surface area contributed by atoms with Gasteiger partial charge in [-0.2, -0.15) is 14.4 Å². The first-order chi connectivity index (χ1) is 26.1. The van der Waals surface area contributed by atoms with Crippen LogP contribution in [0, 0.1) is 18.4 Å². The average Bonchev–Trinajstić information content (AvgIpc) is 3.71. The lowest BCUT2D eigenvalue weighted by Crippen LogP contribution is -2.68. The Morgan fingerprint density at radius 2 is 1.49 bits per heavy atom. The summed E-state index contributed by atoms with van der Waals surface area (Å²) in [6.07, 6.45) is 10.8. The van der Waals surface area contributed by atoms with Crippen molar-refractivity contribution >= 4 is 47.6 Å². The Morgan fingerprint density at radius 3 is 2.04 bits per heavy atom. The maximum Gasteiger partial charge on any atom is 0.312 e. The van der Waals surface area contributed by atoms with Gasteiger partial charge in [-0.25, -0.2) is 4.98 Å². The highest BCUT2D eigenvalue weighted by Crippen LogP contribution is 2.43. The number of unbranched alkanes of at least 4 members (excludes halogenated alkanes) is 5. The van der Waals surface area contributed by atoms with Gasteiger partial charge in [0.1, 0.15) is 17.9 Å². The number of rotatable bonds is 16. The number of ether oxygens (including phenoxy) is 3. The highest BCUT2D eigenvalue weighted by molar-refractivity contribution is 6.99. The van der Waals surface area contributed by atoms with Crippen LogP contribution in [0.4, 0.5) is 10.2 Å². The van der Waals surface area contributed by atoms with Crippen LogP contribution in [0.1, 0.15) is 106 Å². The third-order valence-electron chi connectivity index (χ3n) is 9.88. The number of aromatic nitrogens is 4. The summed E-state index contributed by atoms with van der Waals surface area (Å²) in [5.74, 6) is 2.14. The molecule has 5 rings (SSSR count). The summed E-state index contributed by atoms with van der Waals surface area (Å²) >= 11 is 0. The molecule has 0 amide bonds. The summed E-state index contributed by atoms with van der Waals surface area (Å²) in [4.78, 5) is 37.3. The van der Waals surface area contributed by atoms with Gasteiger partial charge in [-0.15, -0.1) is 6.42 Å². The number of benzene rings is 2. The van der Waals surface area contributed by atoms with Gasteiger partial charge in [0, 0.05) is 19.3 Å². The number of fused-ring (bicyclic) bond motifs is 1. The molecule has 1 fully saturated rings. The standard InChI is InChI=1S/C42H54FN5O6Si/c1-8-42(28-51-55(41(5,6)7,30-21-15-13-16-22-30)31-23-17-14-18-24-31)32(27-33(53-42)48-29-45-36-37(44)46-39(43)47-38(36)48)52-34(49)25-19-11-9-10-12-20-26-35(50)54-40(2,3)4/h1,13-18,21-24,29,32-33H,9-12,19-20,25-28H2,2-7H3,(H2,44,46,47)/t32-,33+,42+/m0/s1. The Kier molecular flexibility index (Phi) is 13.2. The number of terminal acetylenes is 1. The summed E-state index contributed by atoms with van der Waals surface area (Å²) in [6, 6.07) is 20.3. The van der Waals surface area contributed by atoms with Crippen LogP contribution in [0.3, 0.4) is 0 Å². The van der Waals surface area contributed by atoms with Crippen LogP contribution >= 0.6 is 0 Å². The maximum absolute atomic E-state index is 14.4. The molecule has 2 aromatic carbocycles. The Labute approximate surface area is 324 Å². The van der Waals surface area contributed by atoms with Crippen molar-refractivity contribution in [2.75, 3.05) is 12.3 Å². The topological polar surface area (TPSA) is 141 Å². The van der Waals surface area contributed by atoms with Gasteiger partial charge < -0.3 is 24.4 Å². The fourth-order valence-corrected chi connectivity index (χ4v) is 11.9. The van der Waals surface area contributed by atoms with E-state index in [4.69, 9.17) is 30.8 Å². The van der Waals surface area contributed by atoms with Gasteiger partial charge in [0.25, 0.3) is 8.32 Å². The molecule has 3 atom stereocenters. The molecule has 0 aliphatic carbocycles. The van der Waals surface area contributed by atoms with Gasteiger partial charge in [-0.05, 0) is 49.0 Å². The molecule has 0 radical (unpaired) electrons. The van der Waals surface area contributed by atoms with E-state index in [0.717, 1.165) is 42.5 Å². The van der Waals surface area contributed by atoms with Crippen LogP contribution in [-0.2, 0) is 28.2 Å². The summed E-state index contributed by atoms with van der Waals surface area (Å²) in [7, 11) is -3.10. The second-order valence-corrected chi connectivity index (χ2v) is 20.5. The zero-order valence-electron chi connectivity index (χ0n) is 32.8. The van der Waals surface area contributed by atoms with Gasteiger partial charge >= 0.3 is 18.0 Å². The van der Waals surface area contributed by atoms with Gasteiger partial charge in [-0.1, -0.05) is 113 Å². The summed E-state index contributed by atoms with van der Waals surface area (Å²) in [5.41, 5.74) is 4.31. The molecular formula is C42H54FN5O6Si. The third-order valence-corrected chi connectivity index (χ3v) is 14.9. The van der Waals surface area contributed by atoms with Crippen molar-refractivity contribution in [2.45, 2.75) is 128 Å². The Bertz CT molecular complexity index is 1920. The predicted octanol–water partition coefficient (Wildman–Crippen LogP) is 6.79. The number of esters is 2. The van der Waals surface area contributed by atoms with Crippen molar-refractivity contribution in [3.8, 4) is 12.3 Å². The third kappa shape index (κ3) is 9.79. The molecule has 55 heavy (non-hydrogen) atoms. The van der Waals surface area contributed by atoms with E-state index >= 15 is 0 Å². The van der Waals surface area contributed by atoms with E-state index in [0.29, 0.717) is 12.8 Å². The molecule has 4 aromatic rings. The molecule has 1 saturated heterocycles. The first kappa shape index (κ1) is 41.5. The lowest BCUT2D eigenvalue weighted by molar-refractivity contribution is -0.158. The number of nitrogen functional groups attached to an aromatic ring is 1. The van der Waals surface area contributed by atoms with E-state index in [2.05, 4.69) is 65.9 Å². The Morgan fingerprint density at radius 1 is 0.927 bits per heavy atom. The molecular weight excluding hydrogens is 718 g/mol. The van der Waals surface area contributed by atoms with E-state index in [1.807, 2.05) is 57.2 Å². The van der Waals surface area contributed by atoms with Crippen molar-refractivity contribution in [1.82, 2.24) is 19.5 Å². The van der Waals surface area contributed by atoms with Gasteiger partial charge in [-0.3, -0.25) is 14.2 Å². The molecule has 0 bridgehead atoms. The normalized spacial score (nSPS) is 18.9. The minimum atomic E-state index is -3.10. The lowest BCUT2D eigenvalue weighted by Gasteiger charge is -2.44. The molecule has 0 spiro atoms. The largest absolute Gasteiger partial charge is 0.460 e. The quantitative estimate of drug-likeness (QED) is 0.0426. The number of hydrogen-bond donors (Lipinski definition) is 1. The minimum Gasteiger partial charge on any atom is -0.460 e. The fraction of sp³-hybridized carbons (Fsp3) is 0.500. The molecule has 1 aliphatic heterocycles. The summed E-state index contributed by atoms with van der Waals surface area (Å²) < 4.78 is 41.5. The van der Waals surface area contributed by atoms with Crippen molar-refractivity contribution in [2.24, 2.45) is 0 Å². The van der Waals surface area contributed by atoms with Gasteiger partial charge in [0.15, 0.2) is 22.6 Å². The van der Waals surface area contributed by atoms with E-state index in [1.54, 1.807) is 4.57 Å². The van der Waals surface area contributed by atoms with E-state index in [9.17, 15) is 14.0 Å². The number of nitrogens with two attached hydrogens (primary N) is 1. The lowest BCUT2D eigenvalue weighted by atomic mass is 9.98. The van der Waals surface area contributed by atoms with Crippen LogP contribution in [0.2, 0.25) is 5.04 Å². The Balaban J connectivity index is 1.34. The average molecular weight is 772 g/mol. The number of carbonyl (C=O) groups excluding carboxylic acids is 2. The minimum absolute atomic E-state index is 0.0906. The van der Waals surface area contributed by atoms with Crippen LogP contribution in [0.15, 0.2) is 67.0 Å². The molecule has 2 N–H and O–H groups in total. The van der Waals surface area contributed by atoms with Crippen molar-refractivity contribution in [3.63, 3.8) is 0 Å². The first-order valence-electron chi connectivity index (χ1n) is 19.1. The second-order valence-electron chi connectivity index (χ2n) is 16.2. The predicted molar refractivity (Wildman–Crippen MR) is 212 cm³/mol. The Hall–Kier alpha value is -4.64. The van der Waals surface area contributed by atoms with Gasteiger partial charge in [0.2, 0.25) is 0 Å². The van der Waals surface area contributed by atoms with Crippen LogP contribution in [0.25, 0.3) is 11.2 Å². The highest BCUT2D eigenvalue weighted by atomic mass is 28.4. The SMILES string of the molecule is C#C[C@]1(CO[Si](c2ccccc2)(c2ccccc2)C(C)(C)C)O[C@@H](n2cnc3c(N)nc(F)nc32)C[C@@H]1OC(=O)CCCCCCCCC(=O)OC(C)(C)C. The number of carbonyl (C=O) groups is 2. The molecule has 0 saturated carbocycles. The van der Waals surface area contributed by atoms with Gasteiger partial charge in [0.05, 0.1) is 12.9 Å². The van der Waals surface area contributed by atoms with Crippen LogP contribution in [0.5, 0.6) is 0 Å².